The maximum atomic E-state index is 12.9. The molecule has 0 spiro atoms. The molecule has 1 heterocycles. The van der Waals surface area contributed by atoms with Crippen LogP contribution in [0.15, 0.2) is 65.6 Å². The fourth-order valence-electron chi connectivity index (χ4n) is 3.66. The Morgan fingerprint density at radius 2 is 1.66 bits per heavy atom. The monoisotopic (exact) mass is 467 g/mol. The largest absolute Gasteiger partial charge is 0.298 e. The van der Waals surface area contributed by atoms with Crippen molar-refractivity contribution >= 4 is 53.4 Å². The van der Waals surface area contributed by atoms with Gasteiger partial charge in [0.1, 0.15) is 0 Å². The van der Waals surface area contributed by atoms with Gasteiger partial charge in [-0.15, -0.1) is 0 Å². The molecule has 0 radical (unpaired) electrons. The van der Waals surface area contributed by atoms with Crippen molar-refractivity contribution in [3.63, 3.8) is 0 Å². The van der Waals surface area contributed by atoms with Crippen LogP contribution >= 0.6 is 11.3 Å². The molecule has 0 aliphatic heterocycles. The van der Waals surface area contributed by atoms with Crippen molar-refractivity contribution in [1.82, 2.24) is 9.29 Å². The lowest BCUT2D eigenvalue weighted by molar-refractivity contribution is 0.102. The Kier molecular flexibility index (Phi) is 6.55. The molecule has 1 amide bonds. The zero-order valence-corrected chi connectivity index (χ0v) is 19.7. The summed E-state index contributed by atoms with van der Waals surface area (Å²) in [5.41, 5.74) is 1.24. The van der Waals surface area contributed by atoms with Gasteiger partial charge in [-0.05, 0) is 48.6 Å². The van der Waals surface area contributed by atoms with Gasteiger partial charge in [0.25, 0.3) is 5.91 Å². The standard InChI is InChI=1S/C24H25N3O3S2/c1-3-15-27(16-4-2)32(29,30)19-12-9-18(10-13-19)23(28)26-24-25-22-20-8-6-5-7-17(20)11-14-21(22)31-24/h5-14H,3-4,15-16H2,1-2H3,(H,25,26,28). The molecule has 0 bridgehead atoms. The topological polar surface area (TPSA) is 79.4 Å². The Hall–Kier alpha value is -2.81. The van der Waals surface area contributed by atoms with Crippen molar-refractivity contribution in [3.05, 3.63) is 66.2 Å². The first-order valence-corrected chi connectivity index (χ1v) is 12.9. The van der Waals surface area contributed by atoms with Crippen molar-refractivity contribution in [1.29, 1.82) is 0 Å². The summed E-state index contributed by atoms with van der Waals surface area (Å²) in [5, 5.41) is 5.49. The number of hydrogen-bond acceptors (Lipinski definition) is 5. The lowest BCUT2D eigenvalue weighted by Gasteiger charge is -2.21. The molecule has 0 fully saturated rings. The third-order valence-corrected chi connectivity index (χ3v) is 8.05. The summed E-state index contributed by atoms with van der Waals surface area (Å²) in [6.07, 6.45) is 1.49. The summed E-state index contributed by atoms with van der Waals surface area (Å²) in [4.78, 5) is 17.6. The number of sulfonamides is 1. The number of nitrogens with zero attached hydrogens (tertiary/aromatic N) is 2. The zero-order valence-electron chi connectivity index (χ0n) is 18.0. The molecule has 6 nitrogen and oxygen atoms in total. The lowest BCUT2D eigenvalue weighted by atomic mass is 10.1. The van der Waals surface area contributed by atoms with E-state index < -0.39 is 10.0 Å². The van der Waals surface area contributed by atoms with Crippen LogP contribution in [0.2, 0.25) is 0 Å². The van der Waals surface area contributed by atoms with E-state index in [-0.39, 0.29) is 10.8 Å². The quantitative estimate of drug-likeness (QED) is 0.370. The summed E-state index contributed by atoms with van der Waals surface area (Å²) >= 11 is 1.41. The van der Waals surface area contributed by atoms with Gasteiger partial charge >= 0.3 is 0 Å². The van der Waals surface area contributed by atoms with Crippen LogP contribution in [0.5, 0.6) is 0 Å². The van der Waals surface area contributed by atoms with E-state index in [1.165, 1.54) is 27.8 Å². The van der Waals surface area contributed by atoms with Crippen LogP contribution in [0.25, 0.3) is 21.0 Å². The van der Waals surface area contributed by atoms with Gasteiger partial charge in [-0.25, -0.2) is 13.4 Å². The SMILES string of the molecule is CCCN(CCC)S(=O)(=O)c1ccc(C(=O)Nc2nc3c(ccc4ccccc43)s2)cc1. The maximum Gasteiger partial charge on any atom is 0.257 e. The first-order valence-electron chi connectivity index (χ1n) is 10.6. The number of benzene rings is 3. The molecule has 3 aromatic carbocycles. The summed E-state index contributed by atoms with van der Waals surface area (Å²) in [5.74, 6) is -0.323. The molecule has 166 valence electrons. The number of thiazole rings is 1. The van der Waals surface area contributed by atoms with Crippen LogP contribution in [-0.2, 0) is 10.0 Å². The van der Waals surface area contributed by atoms with E-state index in [0.717, 1.165) is 33.8 Å². The highest BCUT2D eigenvalue weighted by atomic mass is 32.2. The highest BCUT2D eigenvalue weighted by Crippen LogP contribution is 2.32. The minimum Gasteiger partial charge on any atom is -0.298 e. The molecule has 1 aromatic heterocycles. The van der Waals surface area contributed by atoms with Crippen molar-refractivity contribution in [3.8, 4) is 0 Å². The molecule has 0 aliphatic carbocycles. The third-order valence-electron chi connectivity index (χ3n) is 5.20. The highest BCUT2D eigenvalue weighted by Gasteiger charge is 2.23. The molecule has 0 saturated heterocycles. The number of carbonyl (C=O) groups is 1. The number of aromatic nitrogens is 1. The third kappa shape index (κ3) is 4.39. The van der Waals surface area contributed by atoms with Gasteiger partial charge in [0.05, 0.1) is 15.1 Å². The molecule has 0 unspecified atom stereocenters. The molecule has 4 aromatic rings. The molecule has 0 atom stereocenters. The van der Waals surface area contributed by atoms with Crippen LogP contribution in [-0.4, -0.2) is 36.7 Å². The Bertz CT molecular complexity index is 1360. The average molecular weight is 468 g/mol. The molecule has 0 saturated carbocycles. The van der Waals surface area contributed by atoms with Crippen molar-refractivity contribution in [2.45, 2.75) is 31.6 Å². The molecular weight excluding hydrogens is 442 g/mol. The van der Waals surface area contributed by atoms with E-state index >= 15 is 0 Å². The second-order valence-corrected chi connectivity index (χ2v) is 10.5. The minimum absolute atomic E-state index is 0.197. The Labute approximate surface area is 191 Å². The number of rotatable bonds is 8. The molecule has 1 N–H and O–H groups in total. The molecular formula is C24H25N3O3S2. The lowest BCUT2D eigenvalue weighted by Crippen LogP contribution is -2.32. The smallest absolute Gasteiger partial charge is 0.257 e. The number of fused-ring (bicyclic) bond motifs is 3. The van der Waals surface area contributed by atoms with Crippen molar-refractivity contribution < 1.29 is 13.2 Å². The van der Waals surface area contributed by atoms with Crippen LogP contribution < -0.4 is 5.32 Å². The average Bonchev–Trinajstić information content (AvgIpc) is 3.22. The van der Waals surface area contributed by atoms with E-state index in [0.29, 0.717) is 23.8 Å². The first-order chi connectivity index (χ1) is 15.4. The van der Waals surface area contributed by atoms with Gasteiger partial charge in [-0.2, -0.15) is 4.31 Å². The fourth-order valence-corrected chi connectivity index (χ4v) is 6.16. The van der Waals surface area contributed by atoms with Crippen LogP contribution in [0.3, 0.4) is 0 Å². The summed E-state index contributed by atoms with van der Waals surface area (Å²) in [6.45, 7) is 4.86. The van der Waals surface area contributed by atoms with Gasteiger partial charge < -0.3 is 0 Å². The van der Waals surface area contributed by atoms with Gasteiger partial charge in [0.15, 0.2) is 5.13 Å². The normalized spacial score (nSPS) is 12.0. The second kappa shape index (κ2) is 9.36. The Balaban J connectivity index is 1.55. The van der Waals surface area contributed by atoms with Gasteiger partial charge in [-0.1, -0.05) is 55.5 Å². The van der Waals surface area contributed by atoms with Crippen LogP contribution in [0.4, 0.5) is 5.13 Å². The number of hydrogen-bond donors (Lipinski definition) is 1. The van der Waals surface area contributed by atoms with Crippen molar-refractivity contribution in [2.75, 3.05) is 18.4 Å². The molecule has 4 rings (SSSR count). The molecule has 8 heteroatoms. The summed E-state index contributed by atoms with van der Waals surface area (Å²) in [6, 6.07) is 18.1. The molecule has 32 heavy (non-hydrogen) atoms. The number of carbonyl (C=O) groups excluding carboxylic acids is 1. The number of anilines is 1. The van der Waals surface area contributed by atoms with Gasteiger partial charge in [0, 0.05) is 24.0 Å². The predicted octanol–water partition coefficient (Wildman–Crippen LogP) is 5.51. The number of amides is 1. The first kappa shape index (κ1) is 22.4. The Morgan fingerprint density at radius 1 is 0.969 bits per heavy atom. The van der Waals surface area contributed by atoms with E-state index in [1.54, 1.807) is 12.1 Å². The number of nitrogens with one attached hydrogen (secondary N) is 1. The zero-order chi connectivity index (χ0) is 22.7. The van der Waals surface area contributed by atoms with Crippen LogP contribution in [0.1, 0.15) is 37.0 Å². The van der Waals surface area contributed by atoms with Crippen LogP contribution in [0, 0.1) is 0 Å². The van der Waals surface area contributed by atoms with E-state index in [9.17, 15) is 13.2 Å². The van der Waals surface area contributed by atoms with E-state index in [1.807, 2.05) is 50.2 Å². The maximum absolute atomic E-state index is 12.9. The van der Waals surface area contributed by atoms with Gasteiger partial charge in [-0.3, -0.25) is 10.1 Å². The second-order valence-electron chi connectivity index (χ2n) is 7.54. The Morgan fingerprint density at radius 3 is 2.34 bits per heavy atom. The summed E-state index contributed by atoms with van der Waals surface area (Å²) < 4.78 is 28.3. The molecule has 0 aliphatic rings. The summed E-state index contributed by atoms with van der Waals surface area (Å²) in [7, 11) is -3.57. The van der Waals surface area contributed by atoms with Crippen molar-refractivity contribution in [2.24, 2.45) is 0 Å². The van der Waals surface area contributed by atoms with E-state index in [2.05, 4.69) is 10.3 Å². The highest BCUT2D eigenvalue weighted by molar-refractivity contribution is 7.89. The fraction of sp³-hybridized carbons (Fsp3) is 0.250. The van der Waals surface area contributed by atoms with E-state index in [4.69, 9.17) is 0 Å². The van der Waals surface area contributed by atoms with Gasteiger partial charge in [0.2, 0.25) is 10.0 Å². The predicted molar refractivity (Wildman–Crippen MR) is 131 cm³/mol. The minimum atomic E-state index is -3.57.